The molecule has 8 nitrogen and oxygen atoms in total. The van der Waals surface area contributed by atoms with Crippen LogP contribution in [0.4, 0.5) is 4.79 Å². The van der Waals surface area contributed by atoms with Crippen molar-refractivity contribution in [2.45, 2.75) is 120 Å². The maximum absolute atomic E-state index is 12.1. The minimum absolute atomic E-state index is 0.0409. The monoisotopic (exact) mass is 563 g/mol. The van der Waals surface area contributed by atoms with E-state index >= 15 is 0 Å². The van der Waals surface area contributed by atoms with Gasteiger partial charge in [-0.05, 0) is 51.4 Å². The zero-order valence-electron chi connectivity index (χ0n) is 23.3. The molecule has 9 heteroatoms. The van der Waals surface area contributed by atoms with E-state index < -0.39 is 12.1 Å². The number of thioether (sulfide) groups is 1. The average Bonchev–Trinajstić information content (AvgIpc) is 3.45. The average molecular weight is 564 g/mol. The van der Waals surface area contributed by atoms with Crippen molar-refractivity contribution in [2.24, 2.45) is 0 Å². The summed E-state index contributed by atoms with van der Waals surface area (Å²) in [5.74, 6) is 0.315. The van der Waals surface area contributed by atoms with Crippen molar-refractivity contribution in [1.82, 2.24) is 16.0 Å². The van der Waals surface area contributed by atoms with Crippen molar-refractivity contribution in [3.05, 3.63) is 36.5 Å². The fourth-order valence-corrected chi connectivity index (χ4v) is 6.43. The highest BCUT2D eigenvalue weighted by molar-refractivity contribution is 8.00. The van der Waals surface area contributed by atoms with Crippen molar-refractivity contribution in [1.29, 1.82) is 0 Å². The van der Waals surface area contributed by atoms with E-state index in [1.54, 1.807) is 6.08 Å². The van der Waals surface area contributed by atoms with Gasteiger partial charge in [0, 0.05) is 30.4 Å². The van der Waals surface area contributed by atoms with Crippen molar-refractivity contribution in [3.63, 3.8) is 0 Å². The second-order valence-corrected chi connectivity index (χ2v) is 11.8. The topological polar surface area (TPSA) is 128 Å². The first-order valence-electron chi connectivity index (χ1n) is 14.8. The molecule has 220 valence electrons. The second-order valence-electron chi connectivity index (χ2n) is 10.5. The normalized spacial score (nSPS) is 21.5. The predicted molar refractivity (Wildman–Crippen MR) is 159 cm³/mol. The molecule has 5 N–H and O–H groups in total. The Morgan fingerprint density at radius 2 is 1.74 bits per heavy atom. The highest BCUT2D eigenvalue weighted by atomic mass is 32.2. The Hall–Kier alpha value is -2.26. The first kappa shape index (κ1) is 32.9. The van der Waals surface area contributed by atoms with Gasteiger partial charge in [0.25, 0.3) is 0 Å². The van der Waals surface area contributed by atoms with Crippen molar-refractivity contribution < 1.29 is 24.6 Å². The van der Waals surface area contributed by atoms with Crippen LogP contribution >= 0.6 is 11.8 Å². The van der Waals surface area contributed by atoms with Crippen LogP contribution in [0.1, 0.15) is 96.3 Å². The van der Waals surface area contributed by atoms with Gasteiger partial charge in [0.15, 0.2) is 0 Å². The van der Waals surface area contributed by atoms with Crippen LogP contribution in [0.5, 0.6) is 0 Å². The lowest BCUT2D eigenvalue weighted by molar-refractivity contribution is -0.137. The van der Waals surface area contributed by atoms with E-state index in [1.807, 2.05) is 30.0 Å². The second kappa shape index (κ2) is 20.6. The first-order valence-corrected chi connectivity index (χ1v) is 15.8. The Morgan fingerprint density at radius 1 is 0.949 bits per heavy atom. The van der Waals surface area contributed by atoms with Crippen LogP contribution in [0, 0.1) is 0 Å². The summed E-state index contributed by atoms with van der Waals surface area (Å²) in [5, 5.41) is 27.8. The number of hydrogen-bond donors (Lipinski definition) is 5. The number of aliphatic carboxylic acids is 1. The van der Waals surface area contributed by atoms with Gasteiger partial charge in [-0.3, -0.25) is 9.59 Å². The number of fused-ring (bicyclic) bond motifs is 1. The van der Waals surface area contributed by atoms with Gasteiger partial charge >= 0.3 is 12.0 Å². The highest BCUT2D eigenvalue weighted by Gasteiger charge is 2.42. The number of aliphatic hydroxyl groups excluding tert-OH is 1. The number of carboxylic acid groups (broad SMARTS) is 1. The molecule has 0 aromatic heterocycles. The van der Waals surface area contributed by atoms with Gasteiger partial charge in [-0.2, -0.15) is 11.8 Å². The number of amides is 3. The molecule has 3 amide bonds. The molecular formula is C30H49N3O5S. The van der Waals surface area contributed by atoms with Gasteiger partial charge < -0.3 is 26.2 Å². The summed E-state index contributed by atoms with van der Waals surface area (Å²) in [6.07, 6.45) is 24.9. The van der Waals surface area contributed by atoms with E-state index in [4.69, 9.17) is 5.11 Å². The Kier molecular flexibility index (Phi) is 17.4. The molecule has 0 aromatic carbocycles. The number of rotatable bonds is 22. The molecule has 2 aliphatic heterocycles. The van der Waals surface area contributed by atoms with E-state index in [1.165, 1.54) is 25.7 Å². The summed E-state index contributed by atoms with van der Waals surface area (Å²) in [7, 11) is 0. The SMILES string of the molecule is O=C(O)CCC[C@H](O)/C=C/C=C\C/C=C\CCCCCCCCNC(=O)CCCC[C@@H]1SC[C@@H]2NC(=O)N[C@@H]21. The standard InChI is InChI=1S/C30H49N3O5S/c34-24(18-16-21-28(36)37)17-12-10-8-6-4-2-1-3-5-7-9-11-15-22-31-27(35)20-14-13-19-26-29-25(23-39-26)32-30(38)33-29/h2,4,8,10,12,17,24-26,29,34H,1,3,5-7,9,11,13-16,18-23H2,(H,31,35)(H,36,37)(H2,32,33,38)/b4-2-,10-8-,17-12+/t24-,25+,26+,29+/m1/s1. The number of carboxylic acids is 1. The third-order valence-corrected chi connectivity index (χ3v) is 8.62. The Morgan fingerprint density at radius 3 is 2.56 bits per heavy atom. The number of nitrogens with one attached hydrogen (secondary N) is 3. The van der Waals surface area contributed by atoms with Gasteiger partial charge in [-0.25, -0.2) is 4.79 Å². The van der Waals surface area contributed by atoms with E-state index in [0.29, 0.717) is 24.5 Å². The molecule has 0 unspecified atom stereocenters. The predicted octanol–water partition coefficient (Wildman–Crippen LogP) is 5.23. The van der Waals surface area contributed by atoms with Gasteiger partial charge in [0.1, 0.15) is 0 Å². The molecule has 2 fully saturated rings. The maximum Gasteiger partial charge on any atom is 0.315 e. The summed E-state index contributed by atoms with van der Waals surface area (Å²) in [4.78, 5) is 33.9. The van der Waals surface area contributed by atoms with E-state index in [9.17, 15) is 19.5 Å². The highest BCUT2D eigenvalue weighted by Crippen LogP contribution is 2.33. The van der Waals surface area contributed by atoms with Crippen molar-refractivity contribution >= 4 is 29.7 Å². The molecule has 39 heavy (non-hydrogen) atoms. The molecule has 2 saturated heterocycles. The van der Waals surface area contributed by atoms with E-state index in [-0.39, 0.29) is 30.4 Å². The van der Waals surface area contributed by atoms with Gasteiger partial charge in [-0.15, -0.1) is 0 Å². The summed E-state index contributed by atoms with van der Waals surface area (Å²) in [6, 6.07) is 0.483. The Bertz CT molecular complexity index is 816. The van der Waals surface area contributed by atoms with Crippen LogP contribution < -0.4 is 16.0 Å². The Balaban J connectivity index is 1.31. The number of unbranched alkanes of at least 4 members (excludes halogenated alkanes) is 7. The van der Waals surface area contributed by atoms with Gasteiger partial charge in [0.05, 0.1) is 18.2 Å². The summed E-state index contributed by atoms with van der Waals surface area (Å²) < 4.78 is 0. The number of hydrogen-bond acceptors (Lipinski definition) is 5. The lowest BCUT2D eigenvalue weighted by Gasteiger charge is -2.16. The fourth-order valence-electron chi connectivity index (χ4n) is 4.89. The number of allylic oxidation sites excluding steroid dienone is 5. The number of carbonyl (C=O) groups is 3. The zero-order chi connectivity index (χ0) is 28.1. The third kappa shape index (κ3) is 15.8. The molecule has 2 heterocycles. The smallest absolute Gasteiger partial charge is 0.315 e. The first-order chi connectivity index (χ1) is 19.0. The molecule has 0 spiro atoms. The zero-order valence-corrected chi connectivity index (χ0v) is 24.1. The molecule has 0 aliphatic carbocycles. The van der Waals surface area contributed by atoms with E-state index in [0.717, 1.165) is 57.2 Å². The van der Waals surface area contributed by atoms with E-state index in [2.05, 4.69) is 28.1 Å². The lowest BCUT2D eigenvalue weighted by Crippen LogP contribution is -2.36. The van der Waals surface area contributed by atoms with Crippen molar-refractivity contribution in [2.75, 3.05) is 12.3 Å². The summed E-state index contributed by atoms with van der Waals surface area (Å²) >= 11 is 1.93. The lowest BCUT2D eigenvalue weighted by atomic mass is 10.0. The maximum atomic E-state index is 12.1. The summed E-state index contributed by atoms with van der Waals surface area (Å²) in [5.41, 5.74) is 0. The van der Waals surface area contributed by atoms with Crippen LogP contribution in [-0.2, 0) is 9.59 Å². The minimum Gasteiger partial charge on any atom is -0.481 e. The largest absolute Gasteiger partial charge is 0.481 e. The summed E-state index contributed by atoms with van der Waals surface area (Å²) in [6.45, 7) is 0.772. The third-order valence-electron chi connectivity index (χ3n) is 7.11. The molecule has 0 bridgehead atoms. The Labute approximate surface area is 238 Å². The van der Waals surface area contributed by atoms with Crippen LogP contribution in [0.15, 0.2) is 36.5 Å². The molecule has 2 aliphatic rings. The van der Waals surface area contributed by atoms with Crippen LogP contribution in [0.3, 0.4) is 0 Å². The molecule has 4 atom stereocenters. The number of carbonyl (C=O) groups excluding carboxylic acids is 2. The quantitative estimate of drug-likeness (QED) is 0.0531. The van der Waals surface area contributed by atoms with Gasteiger partial charge in [0.2, 0.25) is 5.91 Å². The molecule has 0 saturated carbocycles. The molecule has 0 radical (unpaired) electrons. The van der Waals surface area contributed by atoms with Crippen LogP contribution in [0.2, 0.25) is 0 Å². The fraction of sp³-hybridized carbons (Fsp3) is 0.700. The van der Waals surface area contributed by atoms with Gasteiger partial charge in [-0.1, -0.05) is 68.6 Å². The minimum atomic E-state index is -0.827. The number of urea groups is 1. The molecular weight excluding hydrogens is 514 g/mol. The van der Waals surface area contributed by atoms with Crippen molar-refractivity contribution in [3.8, 4) is 0 Å². The molecule has 2 rings (SSSR count). The number of aliphatic hydroxyl groups is 1. The van der Waals surface area contributed by atoms with Crippen LogP contribution in [0.25, 0.3) is 0 Å². The molecule has 0 aromatic rings. The van der Waals surface area contributed by atoms with Crippen LogP contribution in [-0.4, -0.2) is 63.9 Å².